The van der Waals surface area contributed by atoms with Gasteiger partial charge in [0.05, 0.1) is 0 Å². The Morgan fingerprint density at radius 3 is 1.86 bits per heavy atom. The van der Waals surface area contributed by atoms with E-state index < -0.39 is 17.2 Å². The van der Waals surface area contributed by atoms with Gasteiger partial charge in [-0.1, -0.05) is 6.58 Å². The maximum Gasteiger partial charge on any atom is 0.250 e. The van der Waals surface area contributed by atoms with Crippen molar-refractivity contribution in [3.05, 3.63) is 12.4 Å². The highest BCUT2D eigenvalue weighted by molar-refractivity contribution is 6.18. The van der Waals surface area contributed by atoms with Crippen LogP contribution in [0.5, 0.6) is 0 Å². The Morgan fingerprint density at radius 1 is 1.21 bits per heavy atom. The number of rotatable bonds is 1. The zero-order valence-corrected chi connectivity index (χ0v) is 8.40. The molecule has 0 atom stereocenters. The number of carbonyl (C=O) groups excluding carboxylic acids is 3. The Balaban J connectivity index is 3.24. The predicted octanol–water partition coefficient (Wildman–Crippen LogP) is -0.407. The number of amides is 2. The van der Waals surface area contributed by atoms with Crippen molar-refractivity contribution in [1.29, 1.82) is 0 Å². The summed E-state index contributed by atoms with van der Waals surface area (Å²) in [5, 5.41) is 0. The van der Waals surface area contributed by atoms with Crippen molar-refractivity contribution in [3.63, 3.8) is 0 Å². The van der Waals surface area contributed by atoms with Gasteiger partial charge >= 0.3 is 0 Å². The van der Waals surface area contributed by atoms with Crippen LogP contribution >= 0.6 is 0 Å². The molecule has 5 heteroatoms. The Kier molecular flexibility index (Phi) is 2.19. The van der Waals surface area contributed by atoms with Crippen LogP contribution in [0.2, 0.25) is 0 Å². The molecule has 1 aliphatic rings. The number of hydrogen-bond donors (Lipinski definition) is 0. The van der Waals surface area contributed by atoms with Crippen molar-refractivity contribution in [3.8, 4) is 0 Å². The quantitative estimate of drug-likeness (QED) is 0.423. The summed E-state index contributed by atoms with van der Waals surface area (Å²) in [6.45, 7) is 4.88. The molecular weight excluding hydrogens is 184 g/mol. The van der Waals surface area contributed by atoms with Crippen molar-refractivity contribution in [1.82, 2.24) is 9.80 Å². The third-order valence-corrected chi connectivity index (χ3v) is 2.51. The molecule has 0 aromatic rings. The molecule has 5 nitrogen and oxygen atoms in total. The number of aldehydes is 1. The first-order valence-electron chi connectivity index (χ1n) is 4.08. The highest BCUT2D eigenvalue weighted by atomic mass is 16.2. The lowest BCUT2D eigenvalue weighted by Crippen LogP contribution is -2.58. The van der Waals surface area contributed by atoms with E-state index in [9.17, 15) is 14.4 Å². The van der Waals surface area contributed by atoms with Gasteiger partial charge in [-0.2, -0.15) is 0 Å². The maximum absolute atomic E-state index is 11.6. The second-order valence-electron chi connectivity index (χ2n) is 3.46. The zero-order valence-electron chi connectivity index (χ0n) is 8.40. The van der Waals surface area contributed by atoms with Gasteiger partial charge in [0.15, 0.2) is 5.41 Å². The highest BCUT2D eigenvalue weighted by Crippen LogP contribution is 2.28. The van der Waals surface area contributed by atoms with Crippen molar-refractivity contribution in [2.45, 2.75) is 6.92 Å². The molecule has 76 valence electrons. The second-order valence-corrected chi connectivity index (χ2v) is 3.46. The largest absolute Gasteiger partial charge is 0.302 e. The van der Waals surface area contributed by atoms with Gasteiger partial charge in [0.1, 0.15) is 12.1 Å². The molecule has 2 amide bonds. The molecule has 0 radical (unpaired) electrons. The molecule has 0 N–H and O–H groups in total. The molecule has 0 aromatic heterocycles. The highest BCUT2D eigenvalue weighted by Gasteiger charge is 2.50. The van der Waals surface area contributed by atoms with Gasteiger partial charge in [-0.15, -0.1) is 0 Å². The molecule has 1 saturated heterocycles. The van der Waals surface area contributed by atoms with Crippen LogP contribution in [0.4, 0.5) is 0 Å². The van der Waals surface area contributed by atoms with Crippen LogP contribution in [-0.4, -0.2) is 42.0 Å². The maximum atomic E-state index is 11.6. The summed E-state index contributed by atoms with van der Waals surface area (Å²) >= 11 is 0. The predicted molar refractivity (Wildman–Crippen MR) is 48.9 cm³/mol. The van der Waals surface area contributed by atoms with E-state index in [0.29, 0.717) is 6.29 Å². The van der Waals surface area contributed by atoms with E-state index in [1.54, 1.807) is 0 Å². The van der Waals surface area contributed by atoms with Gasteiger partial charge in [0.25, 0.3) is 11.8 Å². The monoisotopic (exact) mass is 196 g/mol. The van der Waals surface area contributed by atoms with Gasteiger partial charge in [0.2, 0.25) is 0 Å². The molecule has 14 heavy (non-hydrogen) atoms. The average molecular weight is 196 g/mol. The van der Waals surface area contributed by atoms with Crippen molar-refractivity contribution in [2.24, 2.45) is 5.41 Å². The summed E-state index contributed by atoms with van der Waals surface area (Å²) in [5.74, 6) is -0.805. The van der Waals surface area contributed by atoms with Gasteiger partial charge in [-0.25, -0.2) is 0 Å². The number of nitrogens with zero attached hydrogens (tertiary/aromatic N) is 2. The third kappa shape index (κ3) is 1.05. The van der Waals surface area contributed by atoms with Crippen LogP contribution in [0.1, 0.15) is 6.92 Å². The normalized spacial score (nSPS) is 21.5. The summed E-state index contributed by atoms with van der Waals surface area (Å²) < 4.78 is 0. The van der Waals surface area contributed by atoms with E-state index in [-0.39, 0.29) is 5.82 Å². The van der Waals surface area contributed by atoms with Crippen molar-refractivity contribution < 1.29 is 14.4 Å². The first kappa shape index (κ1) is 10.4. The SMILES string of the molecule is C=C1N(C)C(=O)C(C)(C=O)C(=O)N1C. The van der Waals surface area contributed by atoms with Gasteiger partial charge in [0, 0.05) is 14.1 Å². The molecule has 0 bridgehead atoms. The van der Waals surface area contributed by atoms with Crippen LogP contribution in [-0.2, 0) is 14.4 Å². The summed E-state index contributed by atoms with van der Waals surface area (Å²) in [7, 11) is 2.96. The Morgan fingerprint density at radius 2 is 1.57 bits per heavy atom. The molecule has 0 aliphatic carbocycles. The van der Waals surface area contributed by atoms with Crippen LogP contribution in [0.3, 0.4) is 0 Å². The zero-order chi connectivity index (χ0) is 11.1. The Hall–Kier alpha value is -1.65. The molecule has 0 saturated carbocycles. The van der Waals surface area contributed by atoms with Gasteiger partial charge in [-0.3, -0.25) is 9.59 Å². The molecule has 0 spiro atoms. The average Bonchev–Trinajstić information content (AvgIpc) is 2.21. The van der Waals surface area contributed by atoms with Crippen LogP contribution in [0.25, 0.3) is 0 Å². The van der Waals surface area contributed by atoms with Crippen LogP contribution < -0.4 is 0 Å². The molecule has 1 aliphatic heterocycles. The summed E-state index contributed by atoms with van der Waals surface area (Å²) in [5.41, 5.74) is -1.61. The van der Waals surface area contributed by atoms with E-state index in [1.807, 2.05) is 0 Å². The molecule has 0 aromatic carbocycles. The molecule has 1 heterocycles. The fourth-order valence-electron chi connectivity index (χ4n) is 1.35. The topological polar surface area (TPSA) is 57.7 Å². The minimum absolute atomic E-state index is 0.277. The fourth-order valence-corrected chi connectivity index (χ4v) is 1.35. The van der Waals surface area contributed by atoms with E-state index in [4.69, 9.17) is 0 Å². The standard InChI is InChI=1S/C9H12N2O3/c1-6-10(3)7(13)9(2,5-12)8(14)11(6)4/h5H,1H2,2-4H3. The van der Waals surface area contributed by atoms with Crippen molar-refractivity contribution >= 4 is 18.1 Å². The first-order chi connectivity index (χ1) is 6.36. The number of hydrogen-bond acceptors (Lipinski definition) is 3. The molecular formula is C9H12N2O3. The minimum Gasteiger partial charge on any atom is -0.302 e. The van der Waals surface area contributed by atoms with E-state index >= 15 is 0 Å². The van der Waals surface area contributed by atoms with Crippen molar-refractivity contribution in [2.75, 3.05) is 14.1 Å². The van der Waals surface area contributed by atoms with E-state index in [0.717, 1.165) is 0 Å². The molecule has 1 fully saturated rings. The summed E-state index contributed by atoms with van der Waals surface area (Å²) in [6.07, 6.45) is 0.372. The van der Waals surface area contributed by atoms with E-state index in [1.165, 1.54) is 30.8 Å². The van der Waals surface area contributed by atoms with Crippen LogP contribution in [0, 0.1) is 5.41 Å². The van der Waals surface area contributed by atoms with Crippen LogP contribution in [0.15, 0.2) is 12.4 Å². The van der Waals surface area contributed by atoms with Gasteiger partial charge in [-0.05, 0) is 6.92 Å². The Labute approximate surface area is 82.0 Å². The third-order valence-electron chi connectivity index (χ3n) is 2.51. The van der Waals surface area contributed by atoms with Gasteiger partial charge < -0.3 is 14.6 Å². The molecule has 0 unspecified atom stereocenters. The smallest absolute Gasteiger partial charge is 0.250 e. The second kappa shape index (κ2) is 2.94. The minimum atomic E-state index is -1.61. The summed E-state index contributed by atoms with van der Waals surface area (Å²) in [4.78, 5) is 36.4. The summed E-state index contributed by atoms with van der Waals surface area (Å²) in [6, 6.07) is 0. The number of carbonyl (C=O) groups is 3. The Bertz CT molecular complexity index is 311. The fraction of sp³-hybridized carbons (Fsp3) is 0.444. The lowest BCUT2D eigenvalue weighted by Gasteiger charge is -2.39. The lowest BCUT2D eigenvalue weighted by atomic mass is 9.87. The first-order valence-corrected chi connectivity index (χ1v) is 4.08. The van der Waals surface area contributed by atoms with E-state index in [2.05, 4.69) is 6.58 Å². The molecule has 1 rings (SSSR count). The lowest BCUT2D eigenvalue weighted by molar-refractivity contribution is -0.160.